The van der Waals surface area contributed by atoms with Gasteiger partial charge in [-0.2, -0.15) is 0 Å². The minimum absolute atomic E-state index is 0.238. The molecule has 1 aliphatic heterocycles. The van der Waals surface area contributed by atoms with Crippen LogP contribution in [0.25, 0.3) is 5.57 Å². The van der Waals surface area contributed by atoms with E-state index in [1.807, 2.05) is 18.2 Å². The van der Waals surface area contributed by atoms with Gasteiger partial charge in [-0.05, 0) is 64.6 Å². The summed E-state index contributed by atoms with van der Waals surface area (Å²) >= 11 is 1.75. The van der Waals surface area contributed by atoms with Crippen LogP contribution in [0.5, 0.6) is 5.75 Å². The Labute approximate surface area is 159 Å². The van der Waals surface area contributed by atoms with Gasteiger partial charge in [-0.25, -0.2) is 0 Å². The van der Waals surface area contributed by atoms with Crippen LogP contribution in [-0.4, -0.2) is 6.36 Å². The van der Waals surface area contributed by atoms with Crippen molar-refractivity contribution in [2.75, 3.05) is 0 Å². The summed E-state index contributed by atoms with van der Waals surface area (Å²) in [5.74, 6) is -0.238. The first-order chi connectivity index (χ1) is 12.9. The topological polar surface area (TPSA) is 9.23 Å². The molecule has 0 aromatic heterocycles. The van der Waals surface area contributed by atoms with E-state index in [9.17, 15) is 13.2 Å². The van der Waals surface area contributed by atoms with Crippen LogP contribution in [0.2, 0.25) is 0 Å². The van der Waals surface area contributed by atoms with Gasteiger partial charge in [0.2, 0.25) is 0 Å². The Bertz CT molecular complexity index is 1010. The molecular formula is C22H15F3OS. The third-order valence-corrected chi connectivity index (χ3v) is 5.66. The van der Waals surface area contributed by atoms with Gasteiger partial charge in [0.15, 0.2) is 0 Å². The Morgan fingerprint density at radius 1 is 0.852 bits per heavy atom. The van der Waals surface area contributed by atoms with Crippen LogP contribution in [-0.2, 0) is 6.42 Å². The van der Waals surface area contributed by atoms with Crippen LogP contribution in [0, 0.1) is 0 Å². The Morgan fingerprint density at radius 2 is 1.52 bits per heavy atom. The molecule has 1 heterocycles. The number of ether oxygens (including phenoxy) is 1. The van der Waals surface area contributed by atoms with Crippen LogP contribution in [0.15, 0.2) is 83.1 Å². The molecule has 0 atom stereocenters. The fourth-order valence-corrected chi connectivity index (χ4v) is 4.16. The molecule has 0 aliphatic carbocycles. The molecule has 0 fully saturated rings. The van der Waals surface area contributed by atoms with Gasteiger partial charge in [0.05, 0.1) is 0 Å². The molecule has 136 valence electrons. The third kappa shape index (κ3) is 3.88. The predicted octanol–water partition coefficient (Wildman–Crippen LogP) is 6.70. The zero-order chi connectivity index (χ0) is 19.0. The molecule has 3 aromatic rings. The molecule has 3 aromatic carbocycles. The van der Waals surface area contributed by atoms with Crippen molar-refractivity contribution >= 4 is 17.3 Å². The lowest BCUT2D eigenvalue weighted by molar-refractivity contribution is -0.274. The Kier molecular flexibility index (Phi) is 4.48. The maximum atomic E-state index is 12.3. The van der Waals surface area contributed by atoms with Crippen molar-refractivity contribution < 1.29 is 17.9 Å². The van der Waals surface area contributed by atoms with E-state index >= 15 is 0 Å². The van der Waals surface area contributed by atoms with Crippen molar-refractivity contribution in [3.63, 3.8) is 0 Å². The molecule has 0 bridgehead atoms. The van der Waals surface area contributed by atoms with E-state index in [1.54, 1.807) is 23.9 Å². The van der Waals surface area contributed by atoms with Gasteiger partial charge < -0.3 is 4.74 Å². The standard InChI is InChI=1S/C22H15F3OS/c1-14(15-6-9-19(10-7-15)26-22(23,24)25)16-8-11-21-18(12-16)13-17-4-2-3-5-20(17)27-21/h2-12H,1,13H2. The average molecular weight is 384 g/mol. The van der Waals surface area contributed by atoms with Crippen molar-refractivity contribution in [2.45, 2.75) is 22.6 Å². The molecule has 27 heavy (non-hydrogen) atoms. The molecule has 0 saturated heterocycles. The summed E-state index contributed by atoms with van der Waals surface area (Å²) in [5, 5.41) is 0. The quantitative estimate of drug-likeness (QED) is 0.389. The highest BCUT2D eigenvalue weighted by molar-refractivity contribution is 7.99. The second-order valence-corrected chi connectivity index (χ2v) is 7.34. The average Bonchev–Trinajstić information content (AvgIpc) is 2.64. The Hall–Kier alpha value is -2.66. The molecule has 0 unspecified atom stereocenters. The van der Waals surface area contributed by atoms with Crippen LogP contribution >= 0.6 is 11.8 Å². The lowest BCUT2D eigenvalue weighted by Gasteiger charge is -2.20. The first-order valence-electron chi connectivity index (χ1n) is 8.33. The summed E-state index contributed by atoms with van der Waals surface area (Å²) in [7, 11) is 0. The lowest BCUT2D eigenvalue weighted by Crippen LogP contribution is -2.17. The largest absolute Gasteiger partial charge is 0.573 e. The van der Waals surface area contributed by atoms with E-state index < -0.39 is 6.36 Å². The fourth-order valence-electron chi connectivity index (χ4n) is 3.10. The van der Waals surface area contributed by atoms with Gasteiger partial charge in [-0.3, -0.25) is 0 Å². The normalized spacial score (nSPS) is 12.9. The highest BCUT2D eigenvalue weighted by Gasteiger charge is 2.31. The van der Waals surface area contributed by atoms with Crippen molar-refractivity contribution in [1.29, 1.82) is 0 Å². The van der Waals surface area contributed by atoms with Gasteiger partial charge in [-0.1, -0.05) is 54.7 Å². The van der Waals surface area contributed by atoms with E-state index in [4.69, 9.17) is 0 Å². The lowest BCUT2D eigenvalue weighted by atomic mass is 9.95. The van der Waals surface area contributed by atoms with Gasteiger partial charge in [0.1, 0.15) is 5.75 Å². The molecule has 4 rings (SSSR count). The maximum absolute atomic E-state index is 12.3. The Morgan fingerprint density at radius 3 is 2.26 bits per heavy atom. The van der Waals surface area contributed by atoms with Gasteiger partial charge >= 0.3 is 6.36 Å². The summed E-state index contributed by atoms with van der Waals surface area (Å²) in [5.41, 5.74) is 5.01. The maximum Gasteiger partial charge on any atom is 0.573 e. The SMILES string of the molecule is C=C(c1ccc(OC(F)(F)F)cc1)c1ccc2c(c1)Cc1ccccc1S2. The molecule has 0 saturated carbocycles. The molecule has 0 amide bonds. The summed E-state index contributed by atoms with van der Waals surface area (Å²) in [6.07, 6.45) is -3.83. The van der Waals surface area contributed by atoms with Crippen LogP contribution in [0.4, 0.5) is 13.2 Å². The molecule has 1 nitrogen and oxygen atoms in total. The monoisotopic (exact) mass is 384 g/mol. The first kappa shape index (κ1) is 17.7. The van der Waals surface area contributed by atoms with Crippen molar-refractivity contribution in [3.05, 3.63) is 95.6 Å². The summed E-state index contributed by atoms with van der Waals surface area (Å²) in [4.78, 5) is 2.50. The van der Waals surface area contributed by atoms with E-state index in [-0.39, 0.29) is 5.75 Å². The molecule has 1 aliphatic rings. The van der Waals surface area contributed by atoms with E-state index in [1.165, 1.54) is 33.1 Å². The highest BCUT2D eigenvalue weighted by atomic mass is 32.2. The van der Waals surface area contributed by atoms with Gasteiger partial charge in [0, 0.05) is 9.79 Å². The van der Waals surface area contributed by atoms with Crippen molar-refractivity contribution in [2.24, 2.45) is 0 Å². The van der Waals surface area contributed by atoms with Gasteiger partial charge in [0.25, 0.3) is 0 Å². The minimum atomic E-state index is -4.69. The second kappa shape index (κ2) is 6.82. The van der Waals surface area contributed by atoms with E-state index in [0.29, 0.717) is 0 Å². The van der Waals surface area contributed by atoms with E-state index in [2.05, 4.69) is 35.6 Å². The van der Waals surface area contributed by atoms with Crippen molar-refractivity contribution in [3.8, 4) is 5.75 Å². The second-order valence-electron chi connectivity index (χ2n) is 6.26. The number of halogens is 3. The smallest absolute Gasteiger partial charge is 0.406 e. The van der Waals surface area contributed by atoms with Crippen LogP contribution in [0.1, 0.15) is 22.3 Å². The minimum Gasteiger partial charge on any atom is -0.406 e. The molecule has 5 heteroatoms. The predicted molar refractivity (Wildman–Crippen MR) is 101 cm³/mol. The molecule has 0 spiro atoms. The molecular weight excluding hydrogens is 369 g/mol. The number of rotatable bonds is 3. The summed E-state index contributed by atoms with van der Waals surface area (Å²) in [6, 6.07) is 20.3. The number of fused-ring (bicyclic) bond motifs is 2. The summed E-state index contributed by atoms with van der Waals surface area (Å²) < 4.78 is 40.8. The van der Waals surface area contributed by atoms with Crippen LogP contribution < -0.4 is 4.74 Å². The fraction of sp³-hybridized carbons (Fsp3) is 0.0909. The number of hydrogen-bond acceptors (Lipinski definition) is 2. The number of hydrogen-bond donors (Lipinski definition) is 0. The summed E-state index contributed by atoms with van der Waals surface area (Å²) in [6.45, 7) is 4.12. The highest BCUT2D eigenvalue weighted by Crippen LogP contribution is 2.40. The Balaban J connectivity index is 1.57. The third-order valence-electron chi connectivity index (χ3n) is 4.42. The molecule has 0 N–H and O–H groups in total. The molecule has 0 radical (unpaired) electrons. The van der Waals surface area contributed by atoms with Gasteiger partial charge in [-0.15, -0.1) is 13.2 Å². The number of alkyl halides is 3. The zero-order valence-electron chi connectivity index (χ0n) is 14.2. The number of benzene rings is 3. The van der Waals surface area contributed by atoms with Crippen LogP contribution in [0.3, 0.4) is 0 Å². The van der Waals surface area contributed by atoms with Crippen molar-refractivity contribution in [1.82, 2.24) is 0 Å². The van der Waals surface area contributed by atoms with E-state index in [0.717, 1.165) is 23.1 Å². The first-order valence-corrected chi connectivity index (χ1v) is 9.15. The zero-order valence-corrected chi connectivity index (χ0v) is 15.0.